The molecule has 0 amide bonds. The van der Waals surface area contributed by atoms with Gasteiger partial charge in [-0.05, 0) is 18.6 Å². The maximum atomic E-state index is 5.99. The second-order valence-corrected chi connectivity index (χ2v) is 4.07. The van der Waals surface area contributed by atoms with Crippen LogP contribution in [-0.4, -0.2) is 12.1 Å². The molecule has 0 radical (unpaired) electrons. The Balaban J connectivity index is 2.40. The first-order valence-corrected chi connectivity index (χ1v) is 4.69. The molecule has 1 unspecified atom stereocenters. The molecule has 13 heavy (non-hydrogen) atoms. The lowest BCUT2D eigenvalue weighted by Crippen LogP contribution is -2.38. The minimum absolute atomic E-state index is 0.271. The van der Waals surface area contributed by atoms with Gasteiger partial charge in [0, 0.05) is 13.0 Å². The summed E-state index contributed by atoms with van der Waals surface area (Å²) in [5, 5.41) is 0.676. The van der Waals surface area contributed by atoms with Gasteiger partial charge in [0.05, 0.1) is 5.02 Å². The summed E-state index contributed by atoms with van der Waals surface area (Å²) in [6, 6.07) is 5.80. The zero-order valence-corrected chi connectivity index (χ0v) is 8.27. The fourth-order valence-corrected chi connectivity index (χ4v) is 1.84. The van der Waals surface area contributed by atoms with E-state index >= 15 is 0 Å². The first-order chi connectivity index (χ1) is 6.14. The zero-order valence-electron chi connectivity index (χ0n) is 7.51. The Hall–Kier alpha value is -0.730. The van der Waals surface area contributed by atoms with Crippen LogP contribution in [0.3, 0.4) is 0 Å². The second-order valence-electron chi connectivity index (χ2n) is 3.66. The molecule has 1 heterocycles. The van der Waals surface area contributed by atoms with E-state index in [0.29, 0.717) is 11.6 Å². The quantitative estimate of drug-likeness (QED) is 0.748. The lowest BCUT2D eigenvalue weighted by Gasteiger charge is -2.21. The van der Waals surface area contributed by atoms with Gasteiger partial charge in [-0.2, -0.15) is 0 Å². The second kappa shape index (κ2) is 2.89. The standard InChI is InChI=1S/C10H12ClNO/c1-10(6-12)5-7-3-2-4-8(11)9(7)13-10/h2-4H,5-6,12H2,1H3. The van der Waals surface area contributed by atoms with E-state index in [4.69, 9.17) is 22.1 Å². The Labute approximate surface area is 82.6 Å². The van der Waals surface area contributed by atoms with Crippen LogP contribution in [0, 0.1) is 0 Å². The molecule has 1 aromatic carbocycles. The van der Waals surface area contributed by atoms with Gasteiger partial charge in [0.1, 0.15) is 11.4 Å². The summed E-state index contributed by atoms with van der Waals surface area (Å²) < 4.78 is 5.72. The number of fused-ring (bicyclic) bond motifs is 1. The minimum Gasteiger partial charge on any atom is -0.484 e. The summed E-state index contributed by atoms with van der Waals surface area (Å²) in [5.41, 5.74) is 6.51. The summed E-state index contributed by atoms with van der Waals surface area (Å²) in [7, 11) is 0. The fourth-order valence-electron chi connectivity index (χ4n) is 1.61. The molecule has 0 aromatic heterocycles. The molecule has 0 saturated carbocycles. The maximum Gasteiger partial charge on any atom is 0.142 e. The van der Waals surface area contributed by atoms with Crippen molar-refractivity contribution in [2.75, 3.05) is 6.54 Å². The monoisotopic (exact) mass is 197 g/mol. The molecule has 1 aliphatic heterocycles. The van der Waals surface area contributed by atoms with Gasteiger partial charge in [0.25, 0.3) is 0 Å². The molecule has 70 valence electrons. The molecule has 0 bridgehead atoms. The Bertz CT molecular complexity index is 340. The van der Waals surface area contributed by atoms with Gasteiger partial charge in [0.2, 0.25) is 0 Å². The number of ether oxygens (including phenoxy) is 1. The number of benzene rings is 1. The molecule has 1 atom stereocenters. The van der Waals surface area contributed by atoms with Crippen molar-refractivity contribution >= 4 is 11.6 Å². The molecule has 0 saturated heterocycles. The third-order valence-corrected chi connectivity index (χ3v) is 2.69. The smallest absolute Gasteiger partial charge is 0.142 e. The molecular weight excluding hydrogens is 186 g/mol. The first kappa shape index (κ1) is 8.85. The lowest BCUT2D eigenvalue weighted by atomic mass is 10.00. The summed E-state index contributed by atoms with van der Waals surface area (Å²) in [6.07, 6.45) is 0.847. The van der Waals surface area contributed by atoms with Gasteiger partial charge >= 0.3 is 0 Å². The van der Waals surface area contributed by atoms with Crippen molar-refractivity contribution in [2.45, 2.75) is 18.9 Å². The highest BCUT2D eigenvalue weighted by Gasteiger charge is 2.34. The molecular formula is C10H12ClNO. The highest BCUT2D eigenvalue weighted by atomic mass is 35.5. The summed E-state index contributed by atoms with van der Waals surface area (Å²) in [5.74, 6) is 0.803. The Morgan fingerprint density at radius 1 is 1.62 bits per heavy atom. The molecule has 1 aromatic rings. The number of halogens is 1. The number of nitrogens with two attached hydrogens (primary N) is 1. The van der Waals surface area contributed by atoms with E-state index in [1.54, 1.807) is 0 Å². The topological polar surface area (TPSA) is 35.2 Å². The Kier molecular flexibility index (Phi) is 1.97. The van der Waals surface area contributed by atoms with E-state index in [2.05, 4.69) is 0 Å². The van der Waals surface area contributed by atoms with Crippen LogP contribution < -0.4 is 10.5 Å². The van der Waals surface area contributed by atoms with E-state index in [1.807, 2.05) is 25.1 Å². The normalized spacial score (nSPS) is 25.5. The third kappa shape index (κ3) is 1.40. The molecule has 0 aliphatic carbocycles. The first-order valence-electron chi connectivity index (χ1n) is 4.31. The van der Waals surface area contributed by atoms with Crippen molar-refractivity contribution in [1.82, 2.24) is 0 Å². The molecule has 1 aliphatic rings. The predicted molar refractivity (Wildman–Crippen MR) is 53.2 cm³/mol. The van der Waals surface area contributed by atoms with Gasteiger partial charge < -0.3 is 10.5 Å². The number of hydrogen-bond donors (Lipinski definition) is 1. The van der Waals surface area contributed by atoms with E-state index in [0.717, 1.165) is 17.7 Å². The molecule has 0 fully saturated rings. The van der Waals surface area contributed by atoms with Crippen molar-refractivity contribution in [1.29, 1.82) is 0 Å². The molecule has 3 heteroatoms. The fraction of sp³-hybridized carbons (Fsp3) is 0.400. The average Bonchev–Trinajstić information content (AvgIpc) is 2.45. The number of para-hydroxylation sites is 1. The third-order valence-electron chi connectivity index (χ3n) is 2.39. The van der Waals surface area contributed by atoms with Gasteiger partial charge in [-0.25, -0.2) is 0 Å². The van der Waals surface area contributed by atoms with E-state index in [9.17, 15) is 0 Å². The van der Waals surface area contributed by atoms with Crippen LogP contribution in [-0.2, 0) is 6.42 Å². The molecule has 2 nitrogen and oxygen atoms in total. The van der Waals surface area contributed by atoms with Crippen LogP contribution in [0.15, 0.2) is 18.2 Å². The maximum absolute atomic E-state index is 5.99. The SMILES string of the molecule is CC1(CN)Cc2cccc(Cl)c2O1. The van der Waals surface area contributed by atoms with Crippen molar-refractivity contribution in [3.8, 4) is 5.75 Å². The number of rotatable bonds is 1. The average molecular weight is 198 g/mol. The minimum atomic E-state index is -0.271. The van der Waals surface area contributed by atoms with Crippen LogP contribution in [0.4, 0.5) is 0 Å². The van der Waals surface area contributed by atoms with E-state index in [1.165, 1.54) is 0 Å². The van der Waals surface area contributed by atoms with Gasteiger partial charge in [0.15, 0.2) is 0 Å². The van der Waals surface area contributed by atoms with Crippen LogP contribution in [0.2, 0.25) is 5.02 Å². The van der Waals surface area contributed by atoms with Crippen LogP contribution in [0.25, 0.3) is 0 Å². The van der Waals surface area contributed by atoms with Crippen LogP contribution >= 0.6 is 11.6 Å². The van der Waals surface area contributed by atoms with Crippen molar-refractivity contribution in [2.24, 2.45) is 5.73 Å². The summed E-state index contributed by atoms with van der Waals surface area (Å²) in [6.45, 7) is 2.52. The van der Waals surface area contributed by atoms with Gasteiger partial charge in [-0.15, -0.1) is 0 Å². The van der Waals surface area contributed by atoms with Gasteiger partial charge in [-0.3, -0.25) is 0 Å². The Morgan fingerprint density at radius 2 is 2.38 bits per heavy atom. The van der Waals surface area contributed by atoms with Crippen molar-refractivity contribution < 1.29 is 4.74 Å². The summed E-state index contributed by atoms with van der Waals surface area (Å²) in [4.78, 5) is 0. The molecule has 2 N–H and O–H groups in total. The predicted octanol–water partition coefficient (Wildman–Crippen LogP) is 1.99. The largest absolute Gasteiger partial charge is 0.484 e. The number of hydrogen-bond acceptors (Lipinski definition) is 2. The molecule has 2 rings (SSSR count). The molecule has 0 spiro atoms. The van der Waals surface area contributed by atoms with Gasteiger partial charge in [-0.1, -0.05) is 23.7 Å². The van der Waals surface area contributed by atoms with Crippen molar-refractivity contribution in [3.63, 3.8) is 0 Å². The summed E-state index contributed by atoms with van der Waals surface area (Å²) >= 11 is 5.99. The Morgan fingerprint density at radius 3 is 3.00 bits per heavy atom. The highest BCUT2D eigenvalue weighted by Crippen LogP contribution is 2.39. The lowest BCUT2D eigenvalue weighted by molar-refractivity contribution is 0.126. The highest BCUT2D eigenvalue weighted by molar-refractivity contribution is 6.32. The van der Waals surface area contributed by atoms with E-state index < -0.39 is 0 Å². The van der Waals surface area contributed by atoms with Crippen LogP contribution in [0.5, 0.6) is 5.75 Å². The van der Waals surface area contributed by atoms with E-state index in [-0.39, 0.29) is 5.60 Å². The van der Waals surface area contributed by atoms with Crippen LogP contribution in [0.1, 0.15) is 12.5 Å². The zero-order chi connectivity index (χ0) is 9.47. The van der Waals surface area contributed by atoms with Crippen molar-refractivity contribution in [3.05, 3.63) is 28.8 Å².